The Morgan fingerprint density at radius 2 is 1.70 bits per heavy atom. The molecule has 2 aromatic rings. The Hall–Kier alpha value is -3.13. The number of anilines is 1. The quantitative estimate of drug-likeness (QED) is 0.557. The summed E-state index contributed by atoms with van der Waals surface area (Å²) in [4.78, 5) is 39.2. The molecule has 2 rings (SSSR count). The largest absolute Gasteiger partial charge is 0.376 e. The number of hydrogen-bond donors (Lipinski definition) is 4. The molecule has 0 spiro atoms. The van der Waals surface area contributed by atoms with Gasteiger partial charge in [0.2, 0.25) is 0 Å². The van der Waals surface area contributed by atoms with E-state index in [1.54, 1.807) is 0 Å². The van der Waals surface area contributed by atoms with E-state index in [1.165, 1.54) is 18.3 Å². The number of amides is 3. The SMILES string of the molecule is Cc1ccc(NCC(=O)NNC(=O)CNC(=O)c2cc(Cl)ccn2)c(C)c1. The highest BCUT2D eigenvalue weighted by Crippen LogP contribution is 2.15. The van der Waals surface area contributed by atoms with Crippen molar-refractivity contribution in [1.29, 1.82) is 0 Å². The second kappa shape index (κ2) is 9.54. The number of rotatable bonds is 6. The van der Waals surface area contributed by atoms with Crippen LogP contribution in [0.4, 0.5) is 5.69 Å². The van der Waals surface area contributed by atoms with Crippen molar-refractivity contribution in [2.24, 2.45) is 0 Å². The van der Waals surface area contributed by atoms with Crippen LogP contribution in [-0.4, -0.2) is 35.8 Å². The van der Waals surface area contributed by atoms with Gasteiger partial charge in [-0.05, 0) is 37.6 Å². The van der Waals surface area contributed by atoms with E-state index < -0.39 is 17.7 Å². The lowest BCUT2D eigenvalue weighted by Gasteiger charge is -2.11. The number of nitrogens with zero attached hydrogens (tertiary/aromatic N) is 1. The lowest BCUT2D eigenvalue weighted by molar-refractivity contribution is -0.127. The van der Waals surface area contributed by atoms with E-state index >= 15 is 0 Å². The first kappa shape index (κ1) is 20.2. The van der Waals surface area contributed by atoms with E-state index in [2.05, 4.69) is 26.5 Å². The zero-order valence-corrected chi connectivity index (χ0v) is 15.7. The summed E-state index contributed by atoms with van der Waals surface area (Å²) in [5, 5.41) is 5.73. The number of carbonyl (C=O) groups excluding carboxylic acids is 3. The number of benzene rings is 1. The zero-order valence-electron chi connectivity index (χ0n) is 14.9. The number of hydrazine groups is 1. The minimum Gasteiger partial charge on any atom is -0.376 e. The van der Waals surface area contributed by atoms with Crippen LogP contribution in [0.3, 0.4) is 0 Å². The van der Waals surface area contributed by atoms with Gasteiger partial charge in [-0.1, -0.05) is 29.3 Å². The number of aromatic nitrogens is 1. The molecule has 0 radical (unpaired) electrons. The summed E-state index contributed by atoms with van der Waals surface area (Å²) >= 11 is 5.77. The average Bonchev–Trinajstić information content (AvgIpc) is 2.63. The van der Waals surface area contributed by atoms with Gasteiger partial charge in [0.05, 0.1) is 13.1 Å². The third kappa shape index (κ3) is 6.59. The number of halogens is 1. The molecule has 0 aliphatic heterocycles. The fraction of sp³-hybridized carbons (Fsp3) is 0.222. The fourth-order valence-electron chi connectivity index (χ4n) is 2.20. The van der Waals surface area contributed by atoms with Crippen LogP contribution in [0.5, 0.6) is 0 Å². The van der Waals surface area contributed by atoms with Crippen LogP contribution in [0.2, 0.25) is 5.02 Å². The molecular weight excluding hydrogens is 370 g/mol. The van der Waals surface area contributed by atoms with Crippen molar-refractivity contribution < 1.29 is 14.4 Å². The Labute approximate surface area is 161 Å². The lowest BCUT2D eigenvalue weighted by atomic mass is 10.1. The maximum absolute atomic E-state index is 11.8. The normalized spacial score (nSPS) is 10.0. The molecular formula is C18H20ClN5O3. The first-order valence-electron chi connectivity index (χ1n) is 8.13. The summed E-state index contributed by atoms with van der Waals surface area (Å²) in [5.41, 5.74) is 7.57. The van der Waals surface area contributed by atoms with Crippen molar-refractivity contribution in [2.45, 2.75) is 13.8 Å². The molecule has 8 nitrogen and oxygen atoms in total. The van der Waals surface area contributed by atoms with Crippen LogP contribution in [0.25, 0.3) is 0 Å². The summed E-state index contributed by atoms with van der Waals surface area (Å²) in [6, 6.07) is 8.74. The van der Waals surface area contributed by atoms with Crippen molar-refractivity contribution in [3.05, 3.63) is 58.4 Å². The molecule has 9 heteroatoms. The van der Waals surface area contributed by atoms with Crippen LogP contribution < -0.4 is 21.5 Å². The highest BCUT2D eigenvalue weighted by molar-refractivity contribution is 6.30. The molecule has 0 aliphatic carbocycles. The molecule has 3 amide bonds. The van der Waals surface area contributed by atoms with Crippen LogP contribution in [0.1, 0.15) is 21.6 Å². The van der Waals surface area contributed by atoms with Gasteiger partial charge in [-0.3, -0.25) is 30.2 Å². The van der Waals surface area contributed by atoms with E-state index in [9.17, 15) is 14.4 Å². The van der Waals surface area contributed by atoms with Crippen LogP contribution >= 0.6 is 11.6 Å². The third-order valence-electron chi connectivity index (χ3n) is 3.53. The number of pyridine rings is 1. The molecule has 0 saturated carbocycles. The van der Waals surface area contributed by atoms with Crippen molar-refractivity contribution >= 4 is 35.0 Å². The van der Waals surface area contributed by atoms with E-state index in [-0.39, 0.29) is 18.8 Å². The number of hydrogen-bond acceptors (Lipinski definition) is 5. The Balaban J connectivity index is 1.70. The first-order chi connectivity index (χ1) is 12.8. The molecule has 0 unspecified atom stereocenters. The average molecular weight is 390 g/mol. The monoisotopic (exact) mass is 389 g/mol. The molecule has 0 saturated heterocycles. The minimum absolute atomic E-state index is 0.0109. The molecule has 0 bridgehead atoms. The molecule has 0 atom stereocenters. The predicted molar refractivity (Wildman–Crippen MR) is 102 cm³/mol. The molecule has 27 heavy (non-hydrogen) atoms. The summed E-state index contributed by atoms with van der Waals surface area (Å²) in [5.74, 6) is -1.55. The van der Waals surface area contributed by atoms with Crippen molar-refractivity contribution in [3.63, 3.8) is 0 Å². The second-order valence-electron chi connectivity index (χ2n) is 5.81. The van der Waals surface area contributed by atoms with E-state index in [1.807, 2.05) is 32.0 Å². The van der Waals surface area contributed by atoms with Crippen LogP contribution in [0, 0.1) is 13.8 Å². The molecule has 142 valence electrons. The van der Waals surface area contributed by atoms with Gasteiger partial charge in [-0.2, -0.15) is 0 Å². The van der Waals surface area contributed by atoms with Gasteiger partial charge >= 0.3 is 0 Å². The fourth-order valence-corrected chi connectivity index (χ4v) is 2.35. The molecule has 1 aromatic heterocycles. The Morgan fingerprint density at radius 1 is 1.00 bits per heavy atom. The smallest absolute Gasteiger partial charge is 0.270 e. The minimum atomic E-state index is -0.578. The van der Waals surface area contributed by atoms with Gasteiger partial charge in [-0.15, -0.1) is 0 Å². The maximum atomic E-state index is 11.8. The number of aryl methyl sites for hydroxylation is 2. The second-order valence-corrected chi connectivity index (χ2v) is 6.25. The number of nitrogens with one attached hydrogen (secondary N) is 4. The van der Waals surface area contributed by atoms with E-state index in [0.717, 1.165) is 16.8 Å². The third-order valence-corrected chi connectivity index (χ3v) is 3.76. The van der Waals surface area contributed by atoms with Gasteiger partial charge in [0.15, 0.2) is 0 Å². The zero-order chi connectivity index (χ0) is 19.8. The Bertz CT molecular complexity index is 857. The Kier molecular flexibility index (Phi) is 7.13. The summed E-state index contributed by atoms with van der Waals surface area (Å²) in [6.45, 7) is 3.59. The van der Waals surface area contributed by atoms with Gasteiger partial charge < -0.3 is 10.6 Å². The summed E-state index contributed by atoms with van der Waals surface area (Å²) in [6.07, 6.45) is 1.39. The van der Waals surface area contributed by atoms with Crippen LogP contribution in [-0.2, 0) is 9.59 Å². The highest BCUT2D eigenvalue weighted by atomic mass is 35.5. The topological polar surface area (TPSA) is 112 Å². The van der Waals surface area contributed by atoms with Gasteiger partial charge in [-0.25, -0.2) is 0 Å². The van der Waals surface area contributed by atoms with E-state index in [4.69, 9.17) is 11.6 Å². The van der Waals surface area contributed by atoms with Crippen molar-refractivity contribution in [3.8, 4) is 0 Å². The first-order valence-corrected chi connectivity index (χ1v) is 8.51. The number of carbonyl (C=O) groups is 3. The van der Waals surface area contributed by atoms with E-state index in [0.29, 0.717) is 5.02 Å². The molecule has 4 N–H and O–H groups in total. The molecule has 1 heterocycles. The summed E-state index contributed by atoms with van der Waals surface area (Å²) in [7, 11) is 0. The Morgan fingerprint density at radius 3 is 2.37 bits per heavy atom. The summed E-state index contributed by atoms with van der Waals surface area (Å²) < 4.78 is 0. The van der Waals surface area contributed by atoms with Gasteiger partial charge in [0.1, 0.15) is 5.69 Å². The van der Waals surface area contributed by atoms with Crippen LogP contribution in [0.15, 0.2) is 36.5 Å². The molecule has 1 aromatic carbocycles. The molecule has 0 fully saturated rings. The van der Waals surface area contributed by atoms with Gasteiger partial charge in [0, 0.05) is 16.9 Å². The predicted octanol–water partition coefficient (Wildman–Crippen LogP) is 1.34. The highest BCUT2D eigenvalue weighted by Gasteiger charge is 2.10. The molecule has 0 aliphatic rings. The van der Waals surface area contributed by atoms with Crippen molar-refractivity contribution in [2.75, 3.05) is 18.4 Å². The van der Waals surface area contributed by atoms with Crippen molar-refractivity contribution in [1.82, 2.24) is 21.2 Å². The lowest BCUT2D eigenvalue weighted by Crippen LogP contribution is -2.48. The maximum Gasteiger partial charge on any atom is 0.270 e. The standard InChI is InChI=1S/C18H20ClN5O3/c1-11-3-4-14(12(2)7-11)21-9-16(25)23-24-17(26)10-22-18(27)15-8-13(19)5-6-20-15/h3-8,21H,9-10H2,1-2H3,(H,22,27)(H,23,25)(H,24,26). The van der Waals surface area contributed by atoms with Gasteiger partial charge in [0.25, 0.3) is 17.7 Å².